The lowest BCUT2D eigenvalue weighted by Crippen LogP contribution is -2.25. The molecule has 0 aliphatic carbocycles. The van der Waals surface area contributed by atoms with Gasteiger partial charge in [-0.05, 0) is 98.6 Å². The highest BCUT2D eigenvalue weighted by Gasteiger charge is 2.32. The van der Waals surface area contributed by atoms with E-state index in [0.717, 1.165) is 39.3 Å². The van der Waals surface area contributed by atoms with Gasteiger partial charge in [0.1, 0.15) is 24.0 Å². The standard InChI is InChI=1S/C60H58N4O/c1-58(2,3)42-31-32-61-56(36-42)64-52-26-14-13-23-50(52)51-30-29-47(38-55(51)64)65-46-22-17-21-45(37-46)62-39-63(54-28-16-15-27-53(54)62)57-48(40-19-11-10-12-20-40)24-18-25-49(57)41-33-43(59(4,5)6)35-44(34-41)60(7,8)9/h10-38H,39H2,1-9H3/i10D,11D,12D,13D,14D,19D,20D,23D,26D,31D,32D,36D. The summed E-state index contributed by atoms with van der Waals surface area (Å²) in [6.45, 7) is 18.9. The van der Waals surface area contributed by atoms with E-state index >= 15 is 0 Å². The molecule has 5 nitrogen and oxygen atoms in total. The molecule has 10 rings (SSSR count). The molecule has 0 fully saturated rings. The van der Waals surface area contributed by atoms with Crippen molar-refractivity contribution >= 4 is 44.6 Å². The minimum atomic E-state index is -0.740. The van der Waals surface area contributed by atoms with Crippen LogP contribution in [0.2, 0.25) is 0 Å². The molecule has 3 heterocycles. The van der Waals surface area contributed by atoms with Crippen molar-refractivity contribution in [2.24, 2.45) is 0 Å². The van der Waals surface area contributed by atoms with Crippen molar-refractivity contribution < 1.29 is 21.2 Å². The number of anilines is 4. The van der Waals surface area contributed by atoms with Crippen molar-refractivity contribution in [3.8, 4) is 39.6 Å². The number of hydrogen-bond donors (Lipinski definition) is 0. The van der Waals surface area contributed by atoms with E-state index < -0.39 is 35.6 Å². The summed E-state index contributed by atoms with van der Waals surface area (Å²) in [5.74, 6) is 0.734. The summed E-state index contributed by atoms with van der Waals surface area (Å²) in [6, 6.07) is 29.2. The van der Waals surface area contributed by atoms with Gasteiger partial charge in [-0.25, -0.2) is 4.98 Å². The Labute approximate surface area is 401 Å². The van der Waals surface area contributed by atoms with Gasteiger partial charge in [-0.15, -0.1) is 0 Å². The molecule has 0 bridgehead atoms. The lowest BCUT2D eigenvalue weighted by Gasteiger charge is -2.29. The van der Waals surface area contributed by atoms with Crippen LogP contribution in [0.5, 0.6) is 11.5 Å². The number of ether oxygens (including phenoxy) is 1. The van der Waals surface area contributed by atoms with E-state index in [4.69, 9.17) is 17.1 Å². The summed E-state index contributed by atoms with van der Waals surface area (Å²) in [4.78, 5) is 8.70. The number of rotatable bonds is 7. The van der Waals surface area contributed by atoms with Gasteiger partial charge in [0.2, 0.25) is 0 Å². The molecule has 0 N–H and O–H groups in total. The molecule has 0 radical (unpaired) electrons. The monoisotopic (exact) mass is 863 g/mol. The number of fused-ring (bicyclic) bond motifs is 4. The highest BCUT2D eigenvalue weighted by molar-refractivity contribution is 6.09. The fourth-order valence-electron chi connectivity index (χ4n) is 8.55. The minimum absolute atomic E-state index is 0.0507. The third-order valence-corrected chi connectivity index (χ3v) is 12.1. The Morgan fingerprint density at radius 1 is 0.523 bits per heavy atom. The van der Waals surface area contributed by atoms with Gasteiger partial charge >= 0.3 is 0 Å². The Bertz CT molecular complexity index is 3880. The maximum Gasteiger partial charge on any atom is 0.137 e. The van der Waals surface area contributed by atoms with Crippen molar-refractivity contribution in [2.75, 3.05) is 16.5 Å². The normalized spacial score (nSPS) is 15.8. The number of para-hydroxylation sites is 4. The molecule has 5 heteroatoms. The molecule has 65 heavy (non-hydrogen) atoms. The van der Waals surface area contributed by atoms with Crippen LogP contribution < -0.4 is 14.5 Å². The van der Waals surface area contributed by atoms with Crippen LogP contribution in [-0.2, 0) is 16.2 Å². The van der Waals surface area contributed by atoms with Crippen LogP contribution in [0.25, 0.3) is 49.9 Å². The number of benzene rings is 7. The zero-order valence-electron chi connectivity index (χ0n) is 50.2. The van der Waals surface area contributed by atoms with E-state index in [1.165, 1.54) is 4.57 Å². The average Bonchev–Trinajstić information content (AvgIpc) is 4.16. The average molecular weight is 863 g/mol. The maximum atomic E-state index is 9.41. The van der Waals surface area contributed by atoms with Crippen molar-refractivity contribution in [3.05, 3.63) is 192 Å². The fraction of sp³-hybridized carbons (Fsp3) is 0.217. The van der Waals surface area contributed by atoms with E-state index in [2.05, 4.69) is 74.5 Å². The van der Waals surface area contributed by atoms with Gasteiger partial charge in [0, 0.05) is 45.9 Å². The van der Waals surface area contributed by atoms with Gasteiger partial charge in [-0.2, -0.15) is 0 Å². The first-order valence-corrected chi connectivity index (χ1v) is 21.9. The second-order valence-electron chi connectivity index (χ2n) is 19.7. The molecule has 1 aliphatic heterocycles. The molecule has 0 amide bonds. The largest absolute Gasteiger partial charge is 0.457 e. The Morgan fingerprint density at radius 2 is 1.15 bits per heavy atom. The predicted molar refractivity (Wildman–Crippen MR) is 274 cm³/mol. The van der Waals surface area contributed by atoms with Crippen LogP contribution >= 0.6 is 0 Å². The first kappa shape index (κ1) is 30.1. The summed E-state index contributed by atoms with van der Waals surface area (Å²) in [6.07, 6.45) is -0.374. The van der Waals surface area contributed by atoms with E-state index in [9.17, 15) is 4.11 Å². The first-order chi connectivity index (χ1) is 36.1. The predicted octanol–water partition coefficient (Wildman–Crippen LogP) is 16.4. The molecule has 9 aromatic rings. The highest BCUT2D eigenvalue weighted by atomic mass is 16.5. The van der Waals surface area contributed by atoms with Crippen LogP contribution in [0.4, 0.5) is 22.7 Å². The van der Waals surface area contributed by atoms with Gasteiger partial charge < -0.3 is 14.5 Å². The Kier molecular flexibility index (Phi) is 7.34. The summed E-state index contributed by atoms with van der Waals surface area (Å²) in [5.41, 5.74) is 7.18. The van der Waals surface area contributed by atoms with Crippen molar-refractivity contribution in [2.45, 2.75) is 78.6 Å². The number of aromatic nitrogens is 2. The van der Waals surface area contributed by atoms with E-state index in [-0.39, 0.29) is 87.8 Å². The summed E-state index contributed by atoms with van der Waals surface area (Å²) in [7, 11) is 0. The minimum Gasteiger partial charge on any atom is -0.457 e. The molecular formula is C60H58N4O. The fourth-order valence-corrected chi connectivity index (χ4v) is 8.55. The quantitative estimate of drug-likeness (QED) is 0.160. The third kappa shape index (κ3) is 7.84. The molecule has 0 saturated carbocycles. The molecule has 0 spiro atoms. The zero-order chi connectivity index (χ0) is 55.7. The molecule has 0 saturated heterocycles. The zero-order valence-corrected chi connectivity index (χ0v) is 38.2. The number of pyridine rings is 1. The first-order valence-electron chi connectivity index (χ1n) is 27.9. The van der Waals surface area contributed by atoms with Crippen LogP contribution in [0.3, 0.4) is 0 Å². The van der Waals surface area contributed by atoms with Crippen molar-refractivity contribution in [1.82, 2.24) is 9.55 Å². The second-order valence-corrected chi connectivity index (χ2v) is 19.7. The van der Waals surface area contributed by atoms with Crippen LogP contribution in [0, 0.1) is 0 Å². The van der Waals surface area contributed by atoms with Crippen LogP contribution in [0.1, 0.15) is 95.5 Å². The molecule has 0 unspecified atom stereocenters. The summed E-state index contributed by atoms with van der Waals surface area (Å²) < 4.78 is 115. The Balaban J connectivity index is 1.12. The Morgan fingerprint density at radius 3 is 1.86 bits per heavy atom. The van der Waals surface area contributed by atoms with Crippen molar-refractivity contribution in [3.63, 3.8) is 0 Å². The lowest BCUT2D eigenvalue weighted by atomic mass is 9.78. The summed E-state index contributed by atoms with van der Waals surface area (Å²) >= 11 is 0. The van der Waals surface area contributed by atoms with Crippen LogP contribution in [-0.4, -0.2) is 16.2 Å². The lowest BCUT2D eigenvalue weighted by molar-refractivity contribution is 0.483. The smallest absolute Gasteiger partial charge is 0.137 e. The molecule has 2 aromatic heterocycles. The van der Waals surface area contributed by atoms with Crippen LogP contribution in [0.15, 0.2) is 176 Å². The van der Waals surface area contributed by atoms with Gasteiger partial charge in [0.05, 0.1) is 44.5 Å². The van der Waals surface area contributed by atoms with Gasteiger partial charge in [-0.3, -0.25) is 4.57 Å². The topological polar surface area (TPSA) is 33.5 Å². The second kappa shape index (κ2) is 15.8. The Hall–Kier alpha value is -7.11. The third-order valence-electron chi connectivity index (χ3n) is 12.1. The van der Waals surface area contributed by atoms with Gasteiger partial charge in [0.15, 0.2) is 0 Å². The number of hydrogen-bond acceptors (Lipinski definition) is 4. The summed E-state index contributed by atoms with van der Waals surface area (Å²) in [5, 5.41) is 0.662. The van der Waals surface area contributed by atoms with Gasteiger partial charge in [-0.1, -0.05) is 165 Å². The van der Waals surface area contributed by atoms with Gasteiger partial charge in [0.25, 0.3) is 0 Å². The molecule has 7 aromatic carbocycles. The molecular weight excluding hydrogens is 793 g/mol. The van der Waals surface area contributed by atoms with E-state index in [1.807, 2.05) is 87.5 Å². The number of nitrogens with zero attached hydrogens (tertiary/aromatic N) is 4. The molecule has 1 aliphatic rings. The highest BCUT2D eigenvalue weighted by Crippen LogP contribution is 2.51. The molecule has 0 atom stereocenters. The van der Waals surface area contributed by atoms with E-state index in [1.54, 1.807) is 18.2 Å². The van der Waals surface area contributed by atoms with Crippen molar-refractivity contribution in [1.29, 1.82) is 0 Å². The maximum absolute atomic E-state index is 9.41. The van der Waals surface area contributed by atoms with E-state index in [0.29, 0.717) is 33.7 Å². The SMILES string of the molecule is [2H]c1nc(-n2c3cc(Oc4cccc(N5CN(c6c(-c7cc(C(C)(C)C)cc(C(C)(C)C)c7)cccc6-c6c([2H])c([2H])c([2H])c([2H])c6[2H])c6ccccc65)c4)ccc3c3c([2H])c([2H])c([2H])c([2H])c32)c([2H])c(C(C)(C)C)c1[2H]. The molecule has 324 valence electrons.